The normalized spacial score (nSPS) is 20.5. The van der Waals surface area contributed by atoms with Gasteiger partial charge < -0.3 is 5.32 Å². The van der Waals surface area contributed by atoms with Gasteiger partial charge in [-0.3, -0.25) is 4.79 Å². The molecule has 102 valence electrons. The number of aryl methyl sites for hydroxylation is 2. The van der Waals surface area contributed by atoms with E-state index >= 15 is 0 Å². The lowest BCUT2D eigenvalue weighted by atomic mass is 10.1. The maximum atomic E-state index is 12.3. The van der Waals surface area contributed by atoms with Gasteiger partial charge in [0.1, 0.15) is 0 Å². The zero-order chi connectivity index (χ0) is 14.1. The summed E-state index contributed by atoms with van der Waals surface area (Å²) >= 11 is 0. The van der Waals surface area contributed by atoms with Gasteiger partial charge in [0.2, 0.25) is 5.91 Å². The summed E-state index contributed by atoms with van der Waals surface area (Å²) in [5.74, 6) is 0.659. The van der Waals surface area contributed by atoms with Crippen LogP contribution in [0.25, 0.3) is 0 Å². The van der Waals surface area contributed by atoms with Crippen molar-refractivity contribution in [3.05, 3.63) is 65.2 Å². The van der Waals surface area contributed by atoms with Crippen LogP contribution in [0.2, 0.25) is 0 Å². The molecular formula is C18H19NO. The Kier molecular flexibility index (Phi) is 3.31. The SMILES string of the molecule is Cc1ccc(C)c(NC(=O)[C@H]2C[C@@H]2c2ccccc2)c1. The lowest BCUT2D eigenvalue weighted by Gasteiger charge is -2.09. The van der Waals surface area contributed by atoms with E-state index in [4.69, 9.17) is 0 Å². The van der Waals surface area contributed by atoms with E-state index in [1.54, 1.807) is 0 Å². The van der Waals surface area contributed by atoms with Crippen LogP contribution < -0.4 is 5.32 Å². The van der Waals surface area contributed by atoms with Crippen molar-refractivity contribution in [1.82, 2.24) is 0 Å². The number of carbonyl (C=O) groups is 1. The van der Waals surface area contributed by atoms with Crippen LogP contribution in [0.3, 0.4) is 0 Å². The average molecular weight is 265 g/mol. The number of hydrogen-bond donors (Lipinski definition) is 1. The average Bonchev–Trinajstić information content (AvgIpc) is 3.24. The molecule has 1 aliphatic rings. The number of rotatable bonds is 3. The standard InChI is InChI=1S/C18H19NO/c1-12-8-9-13(2)17(10-12)19-18(20)16-11-15(16)14-6-4-3-5-7-14/h3-10,15-16H,11H2,1-2H3,(H,19,20)/t15-,16+/m1/s1. The lowest BCUT2D eigenvalue weighted by Crippen LogP contribution is -2.15. The van der Waals surface area contributed by atoms with Gasteiger partial charge in [0, 0.05) is 11.6 Å². The van der Waals surface area contributed by atoms with Crippen molar-refractivity contribution in [2.24, 2.45) is 5.92 Å². The molecule has 3 rings (SSSR count). The smallest absolute Gasteiger partial charge is 0.228 e. The number of carbonyl (C=O) groups excluding carboxylic acids is 1. The monoisotopic (exact) mass is 265 g/mol. The van der Waals surface area contributed by atoms with Gasteiger partial charge in [-0.25, -0.2) is 0 Å². The first-order valence-corrected chi connectivity index (χ1v) is 7.08. The Labute approximate surface area is 119 Å². The zero-order valence-corrected chi connectivity index (χ0v) is 11.9. The van der Waals surface area contributed by atoms with Crippen LogP contribution in [-0.4, -0.2) is 5.91 Å². The van der Waals surface area contributed by atoms with E-state index in [1.165, 1.54) is 11.1 Å². The lowest BCUT2D eigenvalue weighted by molar-refractivity contribution is -0.117. The van der Waals surface area contributed by atoms with Crippen molar-refractivity contribution >= 4 is 11.6 Å². The predicted octanol–water partition coefficient (Wildman–Crippen LogP) is 4.05. The van der Waals surface area contributed by atoms with E-state index in [-0.39, 0.29) is 11.8 Å². The fourth-order valence-corrected chi connectivity index (χ4v) is 2.65. The maximum absolute atomic E-state index is 12.3. The molecule has 20 heavy (non-hydrogen) atoms. The Morgan fingerprint density at radius 1 is 1.10 bits per heavy atom. The predicted molar refractivity (Wildman–Crippen MR) is 81.8 cm³/mol. The Bertz CT molecular complexity index is 633. The second-order valence-corrected chi connectivity index (χ2v) is 5.67. The van der Waals surface area contributed by atoms with Crippen molar-refractivity contribution in [3.63, 3.8) is 0 Å². The number of amides is 1. The highest BCUT2D eigenvalue weighted by atomic mass is 16.2. The molecule has 1 fully saturated rings. The largest absolute Gasteiger partial charge is 0.326 e. The molecule has 2 aromatic rings. The van der Waals surface area contributed by atoms with E-state index < -0.39 is 0 Å². The van der Waals surface area contributed by atoms with Gasteiger partial charge in [0.25, 0.3) is 0 Å². The third-order valence-electron chi connectivity index (χ3n) is 4.01. The van der Waals surface area contributed by atoms with Crippen LogP contribution in [0, 0.1) is 19.8 Å². The molecule has 0 saturated heterocycles. The molecule has 2 heteroatoms. The first-order chi connectivity index (χ1) is 9.65. The Morgan fingerprint density at radius 3 is 2.60 bits per heavy atom. The second kappa shape index (κ2) is 5.12. The minimum Gasteiger partial charge on any atom is -0.326 e. The van der Waals surface area contributed by atoms with Gasteiger partial charge in [-0.2, -0.15) is 0 Å². The van der Waals surface area contributed by atoms with Gasteiger partial charge in [0.15, 0.2) is 0 Å². The van der Waals surface area contributed by atoms with E-state index in [0.717, 1.165) is 17.7 Å². The van der Waals surface area contributed by atoms with E-state index in [0.29, 0.717) is 5.92 Å². The van der Waals surface area contributed by atoms with Gasteiger partial charge in [0.05, 0.1) is 0 Å². The summed E-state index contributed by atoms with van der Waals surface area (Å²) in [6, 6.07) is 16.4. The van der Waals surface area contributed by atoms with Crippen LogP contribution in [0.15, 0.2) is 48.5 Å². The topological polar surface area (TPSA) is 29.1 Å². The molecule has 2 nitrogen and oxygen atoms in total. The summed E-state index contributed by atoms with van der Waals surface area (Å²) in [5, 5.41) is 3.07. The molecule has 1 amide bonds. The van der Waals surface area contributed by atoms with E-state index in [9.17, 15) is 4.79 Å². The molecule has 0 radical (unpaired) electrons. The van der Waals surface area contributed by atoms with Crippen molar-refractivity contribution in [3.8, 4) is 0 Å². The Hall–Kier alpha value is -2.09. The molecule has 0 heterocycles. The molecule has 1 N–H and O–H groups in total. The third kappa shape index (κ3) is 2.60. The first kappa shape index (κ1) is 12.9. The second-order valence-electron chi connectivity index (χ2n) is 5.67. The summed E-state index contributed by atoms with van der Waals surface area (Å²) in [6.07, 6.45) is 0.959. The number of benzene rings is 2. The molecule has 0 aromatic heterocycles. The molecule has 2 atom stereocenters. The molecule has 0 bridgehead atoms. The van der Waals surface area contributed by atoms with Gasteiger partial charge in [-0.1, -0.05) is 42.5 Å². The highest BCUT2D eigenvalue weighted by molar-refractivity contribution is 5.95. The molecule has 2 aromatic carbocycles. The minimum absolute atomic E-state index is 0.123. The van der Waals surface area contributed by atoms with Crippen LogP contribution in [0.4, 0.5) is 5.69 Å². The van der Waals surface area contributed by atoms with Crippen molar-refractivity contribution < 1.29 is 4.79 Å². The summed E-state index contributed by atoms with van der Waals surface area (Å²) < 4.78 is 0. The Morgan fingerprint density at radius 2 is 1.85 bits per heavy atom. The summed E-state index contributed by atoms with van der Waals surface area (Å²) in [5.41, 5.74) is 4.49. The summed E-state index contributed by atoms with van der Waals surface area (Å²) in [4.78, 5) is 12.3. The van der Waals surface area contributed by atoms with Crippen molar-refractivity contribution in [2.45, 2.75) is 26.2 Å². The quantitative estimate of drug-likeness (QED) is 0.891. The molecule has 1 aliphatic carbocycles. The molecule has 0 spiro atoms. The third-order valence-corrected chi connectivity index (χ3v) is 4.01. The summed E-state index contributed by atoms with van der Waals surface area (Å²) in [6.45, 7) is 4.07. The molecule has 0 unspecified atom stereocenters. The number of nitrogens with one attached hydrogen (secondary N) is 1. The fourth-order valence-electron chi connectivity index (χ4n) is 2.65. The van der Waals surface area contributed by atoms with Gasteiger partial charge in [-0.05, 0) is 48.9 Å². The molecular weight excluding hydrogens is 246 g/mol. The minimum atomic E-state index is 0.123. The van der Waals surface area contributed by atoms with Crippen LogP contribution in [0.1, 0.15) is 29.0 Å². The molecule has 0 aliphatic heterocycles. The fraction of sp³-hybridized carbons (Fsp3) is 0.278. The van der Waals surface area contributed by atoms with Crippen molar-refractivity contribution in [2.75, 3.05) is 5.32 Å². The molecule has 1 saturated carbocycles. The van der Waals surface area contributed by atoms with Gasteiger partial charge >= 0.3 is 0 Å². The zero-order valence-electron chi connectivity index (χ0n) is 11.9. The summed E-state index contributed by atoms with van der Waals surface area (Å²) in [7, 11) is 0. The van der Waals surface area contributed by atoms with E-state index in [2.05, 4.69) is 23.5 Å². The van der Waals surface area contributed by atoms with Gasteiger partial charge in [-0.15, -0.1) is 0 Å². The number of hydrogen-bond acceptors (Lipinski definition) is 1. The Balaban J connectivity index is 1.68. The van der Waals surface area contributed by atoms with Crippen LogP contribution >= 0.6 is 0 Å². The van der Waals surface area contributed by atoms with E-state index in [1.807, 2.05) is 44.2 Å². The van der Waals surface area contributed by atoms with Crippen molar-refractivity contribution in [1.29, 1.82) is 0 Å². The maximum Gasteiger partial charge on any atom is 0.228 e. The first-order valence-electron chi connectivity index (χ1n) is 7.08. The van der Waals surface area contributed by atoms with Crippen LogP contribution in [-0.2, 0) is 4.79 Å². The highest BCUT2D eigenvalue weighted by Crippen LogP contribution is 2.47. The van der Waals surface area contributed by atoms with Crippen LogP contribution in [0.5, 0.6) is 0 Å². The number of anilines is 1. The highest BCUT2D eigenvalue weighted by Gasteiger charge is 2.43.